The van der Waals surface area contributed by atoms with Gasteiger partial charge < -0.3 is 19.7 Å². The SMILES string of the molecule is CNC(C)(CN(C)CCCOC)C(=O)OC. The van der Waals surface area contributed by atoms with Crippen molar-refractivity contribution in [2.24, 2.45) is 0 Å². The van der Waals surface area contributed by atoms with Crippen LogP contribution in [-0.4, -0.2) is 64.4 Å². The molecule has 0 aromatic rings. The minimum Gasteiger partial charge on any atom is -0.468 e. The van der Waals surface area contributed by atoms with Crippen molar-refractivity contribution in [3.8, 4) is 0 Å². The fourth-order valence-corrected chi connectivity index (χ4v) is 1.57. The van der Waals surface area contributed by atoms with E-state index in [0.717, 1.165) is 19.6 Å². The van der Waals surface area contributed by atoms with E-state index < -0.39 is 5.54 Å². The molecule has 0 bridgehead atoms. The number of hydrogen-bond donors (Lipinski definition) is 1. The molecule has 0 aliphatic heterocycles. The second kappa shape index (κ2) is 7.60. The maximum atomic E-state index is 11.6. The Morgan fingerprint density at radius 3 is 2.50 bits per heavy atom. The summed E-state index contributed by atoms with van der Waals surface area (Å²) in [5.41, 5.74) is -0.656. The molecule has 1 atom stereocenters. The first-order valence-electron chi connectivity index (χ1n) is 5.45. The van der Waals surface area contributed by atoms with Gasteiger partial charge in [-0.3, -0.25) is 4.79 Å². The van der Waals surface area contributed by atoms with Gasteiger partial charge in [-0.05, 0) is 27.4 Å². The molecule has 0 spiro atoms. The van der Waals surface area contributed by atoms with Crippen LogP contribution < -0.4 is 5.32 Å². The topological polar surface area (TPSA) is 50.8 Å². The number of hydrogen-bond acceptors (Lipinski definition) is 5. The highest BCUT2D eigenvalue weighted by molar-refractivity contribution is 5.80. The highest BCUT2D eigenvalue weighted by Crippen LogP contribution is 2.07. The van der Waals surface area contributed by atoms with E-state index in [1.54, 1.807) is 14.2 Å². The lowest BCUT2D eigenvalue weighted by Gasteiger charge is -2.30. The third kappa shape index (κ3) is 4.92. The third-order valence-electron chi connectivity index (χ3n) is 2.66. The quantitative estimate of drug-likeness (QED) is 0.475. The van der Waals surface area contributed by atoms with Crippen molar-refractivity contribution < 1.29 is 14.3 Å². The van der Waals surface area contributed by atoms with Gasteiger partial charge in [0.1, 0.15) is 5.54 Å². The Hall–Kier alpha value is -0.650. The second-order valence-electron chi connectivity index (χ2n) is 4.16. The van der Waals surface area contributed by atoms with Crippen LogP contribution >= 0.6 is 0 Å². The summed E-state index contributed by atoms with van der Waals surface area (Å²) < 4.78 is 9.76. The zero-order valence-electron chi connectivity index (χ0n) is 11.0. The van der Waals surface area contributed by atoms with Crippen LogP contribution in [0.5, 0.6) is 0 Å². The number of nitrogens with one attached hydrogen (secondary N) is 1. The van der Waals surface area contributed by atoms with Gasteiger partial charge in [0.05, 0.1) is 7.11 Å². The molecule has 0 aromatic heterocycles. The van der Waals surface area contributed by atoms with E-state index in [1.165, 1.54) is 7.11 Å². The largest absolute Gasteiger partial charge is 0.468 e. The van der Waals surface area contributed by atoms with Gasteiger partial charge in [-0.2, -0.15) is 0 Å². The molecule has 96 valence electrons. The number of esters is 1. The van der Waals surface area contributed by atoms with Crippen molar-refractivity contribution in [1.29, 1.82) is 0 Å². The lowest BCUT2D eigenvalue weighted by molar-refractivity contribution is -0.148. The van der Waals surface area contributed by atoms with Gasteiger partial charge in [-0.15, -0.1) is 0 Å². The Balaban J connectivity index is 4.14. The van der Waals surface area contributed by atoms with Crippen LogP contribution in [0.1, 0.15) is 13.3 Å². The molecule has 0 aliphatic rings. The molecule has 1 N–H and O–H groups in total. The number of carbonyl (C=O) groups is 1. The summed E-state index contributed by atoms with van der Waals surface area (Å²) >= 11 is 0. The molecular formula is C11H24N2O3. The maximum Gasteiger partial charge on any atom is 0.327 e. The molecular weight excluding hydrogens is 208 g/mol. The van der Waals surface area contributed by atoms with Crippen molar-refractivity contribution >= 4 is 5.97 Å². The van der Waals surface area contributed by atoms with Crippen LogP contribution in [0.4, 0.5) is 0 Å². The van der Waals surface area contributed by atoms with Crippen LogP contribution in [0, 0.1) is 0 Å². The molecule has 0 fully saturated rings. The number of ether oxygens (including phenoxy) is 2. The Kier molecular flexibility index (Phi) is 7.29. The van der Waals surface area contributed by atoms with Crippen molar-refractivity contribution in [1.82, 2.24) is 10.2 Å². The molecule has 5 heteroatoms. The van der Waals surface area contributed by atoms with Crippen LogP contribution in [0.25, 0.3) is 0 Å². The molecule has 0 heterocycles. The van der Waals surface area contributed by atoms with Crippen LogP contribution in [0.2, 0.25) is 0 Å². The Labute approximate surface area is 98.1 Å². The Morgan fingerprint density at radius 2 is 2.06 bits per heavy atom. The smallest absolute Gasteiger partial charge is 0.327 e. The summed E-state index contributed by atoms with van der Waals surface area (Å²) in [4.78, 5) is 13.7. The maximum absolute atomic E-state index is 11.6. The molecule has 1 unspecified atom stereocenters. The minimum atomic E-state index is -0.656. The van der Waals surface area contributed by atoms with E-state index in [0.29, 0.717) is 6.54 Å². The van der Waals surface area contributed by atoms with Crippen molar-refractivity contribution in [2.45, 2.75) is 18.9 Å². The lowest BCUT2D eigenvalue weighted by Crippen LogP contribution is -2.55. The predicted octanol–water partition coefficient (Wildman–Crippen LogP) is 0.106. The van der Waals surface area contributed by atoms with Gasteiger partial charge in [-0.25, -0.2) is 0 Å². The number of carbonyl (C=O) groups excluding carboxylic acids is 1. The summed E-state index contributed by atoms with van der Waals surface area (Å²) in [6.07, 6.45) is 0.952. The predicted molar refractivity (Wildman–Crippen MR) is 63.5 cm³/mol. The van der Waals surface area contributed by atoms with E-state index in [4.69, 9.17) is 9.47 Å². The zero-order chi connectivity index (χ0) is 12.6. The fourth-order valence-electron chi connectivity index (χ4n) is 1.57. The van der Waals surface area contributed by atoms with Gasteiger partial charge in [0.15, 0.2) is 0 Å². The van der Waals surface area contributed by atoms with Crippen molar-refractivity contribution in [3.63, 3.8) is 0 Å². The number of nitrogens with zero attached hydrogens (tertiary/aromatic N) is 1. The third-order valence-corrected chi connectivity index (χ3v) is 2.66. The van der Waals surface area contributed by atoms with E-state index >= 15 is 0 Å². The number of rotatable bonds is 8. The lowest BCUT2D eigenvalue weighted by atomic mass is 10.0. The summed E-state index contributed by atoms with van der Waals surface area (Å²) in [5, 5.41) is 3.00. The highest BCUT2D eigenvalue weighted by Gasteiger charge is 2.33. The summed E-state index contributed by atoms with van der Waals surface area (Å²) in [6, 6.07) is 0. The minimum absolute atomic E-state index is 0.242. The second-order valence-corrected chi connectivity index (χ2v) is 4.16. The van der Waals surface area contributed by atoms with Crippen molar-refractivity contribution in [2.75, 3.05) is 48.0 Å². The molecule has 0 amide bonds. The fraction of sp³-hybridized carbons (Fsp3) is 0.909. The van der Waals surface area contributed by atoms with Crippen LogP contribution in [-0.2, 0) is 14.3 Å². The van der Waals surface area contributed by atoms with Crippen LogP contribution in [0.15, 0.2) is 0 Å². The Bertz CT molecular complexity index is 211. The highest BCUT2D eigenvalue weighted by atomic mass is 16.5. The molecule has 0 saturated carbocycles. The number of likely N-dealkylation sites (N-methyl/N-ethyl adjacent to an activating group) is 2. The van der Waals surface area contributed by atoms with Gasteiger partial charge in [-0.1, -0.05) is 0 Å². The van der Waals surface area contributed by atoms with E-state index in [2.05, 4.69) is 10.2 Å². The summed E-state index contributed by atoms with van der Waals surface area (Å²) in [5.74, 6) is -0.242. The van der Waals surface area contributed by atoms with Crippen LogP contribution in [0.3, 0.4) is 0 Å². The summed E-state index contributed by atoms with van der Waals surface area (Å²) in [6.45, 7) is 4.08. The van der Waals surface area contributed by atoms with Crippen molar-refractivity contribution in [3.05, 3.63) is 0 Å². The average Bonchev–Trinajstić information content (AvgIpc) is 2.28. The number of methoxy groups -OCH3 is 2. The molecule has 0 rings (SSSR count). The molecule has 0 aromatic carbocycles. The van der Waals surface area contributed by atoms with Gasteiger partial charge in [0.25, 0.3) is 0 Å². The molecule has 5 nitrogen and oxygen atoms in total. The van der Waals surface area contributed by atoms with E-state index in [1.807, 2.05) is 14.0 Å². The van der Waals surface area contributed by atoms with Gasteiger partial charge in [0, 0.05) is 26.8 Å². The zero-order valence-corrected chi connectivity index (χ0v) is 11.0. The first-order chi connectivity index (χ1) is 7.50. The monoisotopic (exact) mass is 232 g/mol. The Morgan fingerprint density at radius 1 is 1.44 bits per heavy atom. The van der Waals surface area contributed by atoms with Gasteiger partial charge in [0.2, 0.25) is 0 Å². The average molecular weight is 232 g/mol. The molecule has 0 aliphatic carbocycles. The normalized spacial score (nSPS) is 14.9. The molecule has 0 saturated heterocycles. The summed E-state index contributed by atoms with van der Waals surface area (Å²) in [7, 11) is 6.84. The molecule has 0 radical (unpaired) electrons. The van der Waals surface area contributed by atoms with E-state index in [-0.39, 0.29) is 5.97 Å². The van der Waals surface area contributed by atoms with Gasteiger partial charge >= 0.3 is 5.97 Å². The molecule has 16 heavy (non-hydrogen) atoms. The van der Waals surface area contributed by atoms with E-state index in [9.17, 15) is 4.79 Å². The standard InChI is InChI=1S/C11H24N2O3/c1-11(12-2,10(14)16-5)9-13(3)7-6-8-15-4/h12H,6-9H2,1-5H3. The first-order valence-corrected chi connectivity index (χ1v) is 5.45. The first kappa shape index (κ1) is 15.3.